The monoisotopic (exact) mass is 302 g/mol. The molecule has 2 heterocycles. The highest BCUT2D eigenvalue weighted by Gasteiger charge is 2.20. The number of hydrogen-bond acceptors (Lipinski definition) is 4. The van der Waals surface area contributed by atoms with Crippen LogP contribution in [0.3, 0.4) is 0 Å². The summed E-state index contributed by atoms with van der Waals surface area (Å²) in [4.78, 5) is 6.23. The Hall–Kier alpha value is -1.23. The van der Waals surface area contributed by atoms with Crippen LogP contribution in [0.15, 0.2) is 30.3 Å². The highest BCUT2D eigenvalue weighted by molar-refractivity contribution is 7.12. The highest BCUT2D eigenvalue weighted by Crippen LogP contribution is 2.30. The van der Waals surface area contributed by atoms with E-state index in [2.05, 4.69) is 36.5 Å². The molecule has 0 amide bonds. The third-order valence-corrected chi connectivity index (χ3v) is 4.83. The molecule has 0 aliphatic carbocycles. The molecule has 3 nitrogen and oxygen atoms in total. The van der Waals surface area contributed by atoms with Gasteiger partial charge in [0.25, 0.3) is 0 Å². The molecule has 0 bridgehead atoms. The number of thiazole rings is 1. The third-order valence-electron chi connectivity index (χ3n) is 3.75. The van der Waals surface area contributed by atoms with Gasteiger partial charge >= 0.3 is 0 Å². The summed E-state index contributed by atoms with van der Waals surface area (Å²) in [6.45, 7) is 4.92. The van der Waals surface area contributed by atoms with Gasteiger partial charge in [0, 0.05) is 30.0 Å². The molecule has 1 N–H and O–H groups in total. The molecule has 4 heteroatoms. The van der Waals surface area contributed by atoms with E-state index in [9.17, 15) is 0 Å². The second-order valence-corrected chi connectivity index (χ2v) is 6.53. The molecule has 1 saturated heterocycles. The summed E-state index contributed by atoms with van der Waals surface area (Å²) in [7, 11) is 0. The van der Waals surface area contributed by atoms with Crippen molar-refractivity contribution in [1.82, 2.24) is 10.3 Å². The van der Waals surface area contributed by atoms with Crippen molar-refractivity contribution < 1.29 is 4.74 Å². The number of hydrogen-bond donors (Lipinski definition) is 1. The van der Waals surface area contributed by atoms with Gasteiger partial charge in [-0.3, -0.25) is 0 Å². The van der Waals surface area contributed by atoms with Crippen molar-refractivity contribution in [2.24, 2.45) is 0 Å². The van der Waals surface area contributed by atoms with Gasteiger partial charge in [-0.05, 0) is 19.4 Å². The average molecular weight is 302 g/mol. The van der Waals surface area contributed by atoms with Gasteiger partial charge in [0.2, 0.25) is 0 Å². The largest absolute Gasteiger partial charge is 0.378 e. The second kappa shape index (κ2) is 7.16. The minimum atomic E-state index is 0.367. The van der Waals surface area contributed by atoms with Gasteiger partial charge in [-0.2, -0.15) is 0 Å². The molecule has 0 spiro atoms. The van der Waals surface area contributed by atoms with Crippen molar-refractivity contribution in [3.05, 3.63) is 40.2 Å². The number of rotatable bonds is 6. The number of aromatic nitrogens is 1. The van der Waals surface area contributed by atoms with Crippen LogP contribution in [0.1, 0.15) is 29.7 Å². The van der Waals surface area contributed by atoms with Gasteiger partial charge in [-0.1, -0.05) is 37.3 Å². The summed E-state index contributed by atoms with van der Waals surface area (Å²) in [6.07, 6.45) is 3.68. The van der Waals surface area contributed by atoms with Gasteiger partial charge in [-0.15, -0.1) is 11.3 Å². The zero-order chi connectivity index (χ0) is 14.5. The van der Waals surface area contributed by atoms with Crippen LogP contribution in [0.4, 0.5) is 0 Å². The maximum Gasteiger partial charge on any atom is 0.0961 e. The Balaban J connectivity index is 1.83. The first kappa shape index (κ1) is 14.7. The first-order chi connectivity index (χ1) is 10.4. The van der Waals surface area contributed by atoms with Crippen LogP contribution >= 0.6 is 11.3 Å². The molecule has 3 rings (SSSR count). The number of ether oxygens (including phenoxy) is 1. The summed E-state index contributed by atoms with van der Waals surface area (Å²) in [5, 5.41) is 4.62. The first-order valence-corrected chi connectivity index (χ1v) is 8.54. The van der Waals surface area contributed by atoms with E-state index in [1.165, 1.54) is 28.3 Å². The standard InChI is InChI=1S/C17H22N2OS/c1-2-18-12-15-17(13-7-4-3-5-8-13)19-16(21-15)11-14-9-6-10-20-14/h3-5,7-8,14,18H,2,6,9-12H2,1H3. The minimum Gasteiger partial charge on any atom is -0.378 e. The normalized spacial score (nSPS) is 18.2. The Bertz CT molecular complexity index is 561. The molecule has 1 aromatic heterocycles. The van der Waals surface area contributed by atoms with Crippen LogP contribution in [-0.2, 0) is 17.7 Å². The summed E-state index contributed by atoms with van der Waals surface area (Å²) in [5.41, 5.74) is 2.34. The number of benzene rings is 1. The molecule has 1 fully saturated rings. The van der Waals surface area contributed by atoms with Gasteiger partial charge in [-0.25, -0.2) is 4.98 Å². The Morgan fingerprint density at radius 2 is 2.19 bits per heavy atom. The Morgan fingerprint density at radius 3 is 2.90 bits per heavy atom. The topological polar surface area (TPSA) is 34.1 Å². The maximum absolute atomic E-state index is 5.74. The maximum atomic E-state index is 5.74. The smallest absolute Gasteiger partial charge is 0.0961 e. The minimum absolute atomic E-state index is 0.367. The SMILES string of the molecule is CCNCc1sc(CC2CCCO2)nc1-c1ccccc1. The van der Waals surface area contributed by atoms with Crippen molar-refractivity contribution in [2.45, 2.75) is 38.8 Å². The van der Waals surface area contributed by atoms with E-state index in [1.807, 2.05) is 17.4 Å². The van der Waals surface area contributed by atoms with Crippen LogP contribution in [-0.4, -0.2) is 24.2 Å². The molecule has 2 aromatic rings. The van der Waals surface area contributed by atoms with Crippen molar-refractivity contribution in [3.63, 3.8) is 0 Å². The fourth-order valence-electron chi connectivity index (χ4n) is 2.67. The van der Waals surface area contributed by atoms with Crippen LogP contribution in [0.5, 0.6) is 0 Å². The molecule has 1 aromatic carbocycles. The number of nitrogens with zero attached hydrogens (tertiary/aromatic N) is 1. The lowest BCUT2D eigenvalue weighted by atomic mass is 10.1. The van der Waals surface area contributed by atoms with Gasteiger partial charge < -0.3 is 10.1 Å². The third kappa shape index (κ3) is 3.70. The van der Waals surface area contributed by atoms with E-state index in [0.29, 0.717) is 6.10 Å². The zero-order valence-corrected chi connectivity index (χ0v) is 13.3. The Labute approximate surface area is 130 Å². The molecule has 1 aliphatic heterocycles. The van der Waals surface area contributed by atoms with Gasteiger partial charge in [0.05, 0.1) is 16.8 Å². The zero-order valence-electron chi connectivity index (χ0n) is 12.5. The summed E-state index contributed by atoms with van der Waals surface area (Å²) in [6, 6.07) is 10.5. The van der Waals surface area contributed by atoms with E-state index < -0.39 is 0 Å². The van der Waals surface area contributed by atoms with E-state index in [1.54, 1.807) is 0 Å². The average Bonchev–Trinajstić information content (AvgIpc) is 3.16. The molecule has 1 atom stereocenters. The van der Waals surface area contributed by atoms with Crippen molar-refractivity contribution in [2.75, 3.05) is 13.2 Å². The molecular weight excluding hydrogens is 280 g/mol. The quantitative estimate of drug-likeness (QED) is 0.884. The molecule has 0 saturated carbocycles. The molecule has 21 heavy (non-hydrogen) atoms. The summed E-state index contributed by atoms with van der Waals surface area (Å²) < 4.78 is 5.74. The lowest BCUT2D eigenvalue weighted by Gasteiger charge is -2.05. The van der Waals surface area contributed by atoms with Crippen molar-refractivity contribution >= 4 is 11.3 Å². The Morgan fingerprint density at radius 1 is 1.33 bits per heavy atom. The predicted molar refractivity (Wildman–Crippen MR) is 87.6 cm³/mol. The van der Waals surface area contributed by atoms with Crippen molar-refractivity contribution in [3.8, 4) is 11.3 Å². The van der Waals surface area contributed by atoms with Gasteiger partial charge in [0.15, 0.2) is 0 Å². The van der Waals surface area contributed by atoms with Crippen LogP contribution in [0.2, 0.25) is 0 Å². The number of nitrogens with one attached hydrogen (secondary N) is 1. The summed E-state index contributed by atoms with van der Waals surface area (Å²) in [5.74, 6) is 0. The lowest BCUT2D eigenvalue weighted by Crippen LogP contribution is -2.11. The fourth-order valence-corrected chi connectivity index (χ4v) is 3.79. The van der Waals surface area contributed by atoms with E-state index in [-0.39, 0.29) is 0 Å². The Kier molecular flexibility index (Phi) is 5.01. The van der Waals surface area contributed by atoms with Crippen molar-refractivity contribution in [1.29, 1.82) is 0 Å². The van der Waals surface area contributed by atoms with E-state index >= 15 is 0 Å². The van der Waals surface area contributed by atoms with Crippen LogP contribution in [0, 0.1) is 0 Å². The van der Waals surface area contributed by atoms with E-state index in [0.717, 1.165) is 31.8 Å². The predicted octanol–water partition coefficient (Wildman–Crippen LogP) is 3.64. The summed E-state index contributed by atoms with van der Waals surface area (Å²) >= 11 is 1.83. The highest BCUT2D eigenvalue weighted by atomic mass is 32.1. The first-order valence-electron chi connectivity index (χ1n) is 7.73. The fraction of sp³-hybridized carbons (Fsp3) is 0.471. The lowest BCUT2D eigenvalue weighted by molar-refractivity contribution is 0.111. The molecule has 1 unspecified atom stereocenters. The molecule has 0 radical (unpaired) electrons. The van der Waals surface area contributed by atoms with Crippen LogP contribution in [0.25, 0.3) is 11.3 Å². The molecule has 112 valence electrons. The molecule has 1 aliphatic rings. The van der Waals surface area contributed by atoms with Gasteiger partial charge in [0.1, 0.15) is 0 Å². The second-order valence-electron chi connectivity index (χ2n) is 5.36. The van der Waals surface area contributed by atoms with Crippen LogP contribution < -0.4 is 5.32 Å². The molecular formula is C17H22N2OS. The van der Waals surface area contributed by atoms with E-state index in [4.69, 9.17) is 9.72 Å².